The number of ether oxygens (including phenoxy) is 5. The molecule has 0 saturated carbocycles. The van der Waals surface area contributed by atoms with Crippen LogP contribution in [0.25, 0.3) is 0 Å². The first kappa shape index (κ1) is 20.0. The van der Waals surface area contributed by atoms with Gasteiger partial charge in [-0.2, -0.15) is 0 Å². The van der Waals surface area contributed by atoms with Crippen LogP contribution in [-0.4, -0.2) is 39.8 Å². The van der Waals surface area contributed by atoms with Crippen LogP contribution in [0.4, 0.5) is 0 Å². The van der Waals surface area contributed by atoms with Gasteiger partial charge in [0.1, 0.15) is 17.5 Å². The standard InChI is InChI=1S/C22H26O6/c1-7-8-14-12-22(27-6)13(2)20(28-19(22)11-16(14)23)15-9-17(24-3)21(26-5)18(10-15)25-4/h7,9-13,20H,1,8H2,2-6H3/t13-,20-,22+/m1/s1. The monoisotopic (exact) mass is 386 g/mol. The molecule has 150 valence electrons. The minimum absolute atomic E-state index is 0.0830. The number of benzene rings is 1. The molecule has 28 heavy (non-hydrogen) atoms. The van der Waals surface area contributed by atoms with Crippen molar-refractivity contribution < 1.29 is 28.5 Å². The maximum atomic E-state index is 12.4. The summed E-state index contributed by atoms with van der Waals surface area (Å²) < 4.78 is 28.5. The minimum Gasteiger partial charge on any atom is -0.493 e. The highest BCUT2D eigenvalue weighted by molar-refractivity contribution is 6.06. The fourth-order valence-electron chi connectivity index (χ4n) is 3.95. The molecule has 1 aliphatic carbocycles. The van der Waals surface area contributed by atoms with Gasteiger partial charge in [0.05, 0.1) is 21.3 Å². The van der Waals surface area contributed by atoms with E-state index in [1.165, 1.54) is 6.08 Å². The van der Waals surface area contributed by atoms with Crippen molar-refractivity contribution in [3.8, 4) is 17.2 Å². The maximum absolute atomic E-state index is 12.4. The van der Waals surface area contributed by atoms with Crippen LogP contribution in [0.3, 0.4) is 0 Å². The van der Waals surface area contributed by atoms with Crippen molar-refractivity contribution in [2.45, 2.75) is 25.0 Å². The highest BCUT2D eigenvalue weighted by Crippen LogP contribution is 2.53. The van der Waals surface area contributed by atoms with Crippen LogP contribution in [0.15, 0.2) is 48.3 Å². The number of fused-ring (bicyclic) bond motifs is 1. The van der Waals surface area contributed by atoms with E-state index in [4.69, 9.17) is 23.7 Å². The van der Waals surface area contributed by atoms with E-state index < -0.39 is 5.60 Å². The average Bonchev–Trinajstić information content (AvgIpc) is 2.99. The predicted molar refractivity (Wildman–Crippen MR) is 105 cm³/mol. The van der Waals surface area contributed by atoms with Gasteiger partial charge in [-0.25, -0.2) is 0 Å². The first-order valence-corrected chi connectivity index (χ1v) is 9.06. The van der Waals surface area contributed by atoms with Crippen LogP contribution in [0.1, 0.15) is 25.0 Å². The summed E-state index contributed by atoms with van der Waals surface area (Å²) in [6.45, 7) is 5.77. The molecule has 1 saturated heterocycles. The Bertz CT molecular complexity index is 828. The van der Waals surface area contributed by atoms with E-state index in [9.17, 15) is 4.79 Å². The lowest BCUT2D eigenvalue weighted by Gasteiger charge is -2.31. The van der Waals surface area contributed by atoms with Gasteiger partial charge in [-0.15, -0.1) is 6.58 Å². The van der Waals surface area contributed by atoms with E-state index in [0.29, 0.717) is 35.0 Å². The van der Waals surface area contributed by atoms with Crippen LogP contribution < -0.4 is 14.2 Å². The lowest BCUT2D eigenvalue weighted by molar-refractivity contribution is -0.112. The number of hydrogen-bond donors (Lipinski definition) is 0. The highest BCUT2D eigenvalue weighted by atomic mass is 16.6. The Kier molecular flexibility index (Phi) is 5.52. The number of carbonyl (C=O) groups is 1. The molecule has 6 heteroatoms. The molecule has 0 unspecified atom stereocenters. The molecule has 1 fully saturated rings. The molecule has 0 spiro atoms. The Morgan fingerprint density at radius 2 is 1.79 bits per heavy atom. The maximum Gasteiger partial charge on any atom is 0.203 e. The Morgan fingerprint density at radius 3 is 2.29 bits per heavy atom. The van der Waals surface area contributed by atoms with E-state index in [1.54, 1.807) is 34.5 Å². The number of methoxy groups -OCH3 is 4. The summed E-state index contributed by atoms with van der Waals surface area (Å²) in [6.07, 6.45) is 5.23. The van der Waals surface area contributed by atoms with Crippen molar-refractivity contribution in [1.29, 1.82) is 0 Å². The topological polar surface area (TPSA) is 63.2 Å². The first-order chi connectivity index (χ1) is 13.4. The first-order valence-electron chi connectivity index (χ1n) is 9.06. The molecular weight excluding hydrogens is 360 g/mol. The van der Waals surface area contributed by atoms with E-state index in [2.05, 4.69) is 6.58 Å². The zero-order valence-corrected chi connectivity index (χ0v) is 16.9. The van der Waals surface area contributed by atoms with Crippen molar-refractivity contribution in [2.24, 2.45) is 5.92 Å². The van der Waals surface area contributed by atoms with Gasteiger partial charge in [0, 0.05) is 30.2 Å². The molecule has 2 aliphatic rings. The van der Waals surface area contributed by atoms with Crippen LogP contribution in [0.5, 0.6) is 17.2 Å². The van der Waals surface area contributed by atoms with Crippen LogP contribution in [0.2, 0.25) is 0 Å². The molecule has 3 atom stereocenters. The average molecular weight is 386 g/mol. The third-order valence-corrected chi connectivity index (χ3v) is 5.45. The van der Waals surface area contributed by atoms with Crippen molar-refractivity contribution in [1.82, 2.24) is 0 Å². The summed E-state index contributed by atoms with van der Waals surface area (Å²) in [5.74, 6) is 1.93. The summed E-state index contributed by atoms with van der Waals surface area (Å²) in [5, 5.41) is 0. The predicted octanol–water partition coefficient (Wildman–Crippen LogP) is 3.77. The summed E-state index contributed by atoms with van der Waals surface area (Å²) >= 11 is 0. The van der Waals surface area contributed by atoms with E-state index in [0.717, 1.165) is 5.56 Å². The van der Waals surface area contributed by atoms with E-state index in [1.807, 2.05) is 25.1 Å². The largest absolute Gasteiger partial charge is 0.493 e. The molecule has 1 aliphatic heterocycles. The SMILES string of the molecule is C=CCC1=C[C@@]2(OC)C(=CC1=O)O[C@@H](c1cc(OC)c(OC)c(OC)c1)[C@H]2C. The van der Waals surface area contributed by atoms with Gasteiger partial charge < -0.3 is 23.7 Å². The van der Waals surface area contributed by atoms with Crippen LogP contribution in [-0.2, 0) is 14.3 Å². The molecule has 0 radical (unpaired) electrons. The second-order valence-electron chi connectivity index (χ2n) is 6.82. The van der Waals surface area contributed by atoms with Gasteiger partial charge in [0.2, 0.25) is 5.75 Å². The summed E-state index contributed by atoms with van der Waals surface area (Å²) in [4.78, 5) is 12.4. The normalized spacial score (nSPS) is 26.0. The quantitative estimate of drug-likeness (QED) is 0.665. The van der Waals surface area contributed by atoms with Crippen molar-refractivity contribution in [3.05, 3.63) is 53.8 Å². The number of allylic oxidation sites excluding steroid dienone is 3. The summed E-state index contributed by atoms with van der Waals surface area (Å²) in [6, 6.07) is 3.72. The Hall–Kier alpha value is -2.73. The van der Waals surface area contributed by atoms with Gasteiger partial charge in [0.15, 0.2) is 17.3 Å². The van der Waals surface area contributed by atoms with Crippen molar-refractivity contribution in [2.75, 3.05) is 28.4 Å². The van der Waals surface area contributed by atoms with Crippen LogP contribution >= 0.6 is 0 Å². The molecule has 0 bridgehead atoms. The minimum atomic E-state index is -0.808. The molecule has 1 aromatic rings. The Labute approximate surface area is 165 Å². The van der Waals surface area contributed by atoms with E-state index >= 15 is 0 Å². The number of carbonyl (C=O) groups excluding carboxylic acids is 1. The van der Waals surface area contributed by atoms with Gasteiger partial charge >= 0.3 is 0 Å². The zero-order chi connectivity index (χ0) is 20.5. The third kappa shape index (κ3) is 2.98. The van der Waals surface area contributed by atoms with Gasteiger partial charge in [-0.05, 0) is 24.6 Å². The molecule has 0 N–H and O–H groups in total. The third-order valence-electron chi connectivity index (χ3n) is 5.45. The van der Waals surface area contributed by atoms with Crippen molar-refractivity contribution in [3.63, 3.8) is 0 Å². The molecular formula is C22H26O6. The Balaban J connectivity index is 2.08. The lowest BCUT2D eigenvalue weighted by Crippen LogP contribution is -2.38. The van der Waals surface area contributed by atoms with Gasteiger partial charge in [-0.3, -0.25) is 4.79 Å². The number of ketones is 1. The lowest BCUT2D eigenvalue weighted by atomic mass is 9.78. The Morgan fingerprint density at radius 1 is 1.14 bits per heavy atom. The smallest absolute Gasteiger partial charge is 0.203 e. The molecule has 1 aromatic carbocycles. The van der Waals surface area contributed by atoms with Crippen molar-refractivity contribution >= 4 is 5.78 Å². The highest BCUT2D eigenvalue weighted by Gasteiger charge is 2.54. The fourth-order valence-corrected chi connectivity index (χ4v) is 3.95. The zero-order valence-electron chi connectivity index (χ0n) is 16.9. The van der Waals surface area contributed by atoms with Gasteiger partial charge in [-0.1, -0.05) is 13.0 Å². The molecule has 6 nitrogen and oxygen atoms in total. The van der Waals surface area contributed by atoms with Crippen LogP contribution in [0, 0.1) is 5.92 Å². The van der Waals surface area contributed by atoms with E-state index in [-0.39, 0.29) is 17.8 Å². The number of rotatable bonds is 7. The second kappa shape index (κ2) is 7.72. The summed E-state index contributed by atoms with van der Waals surface area (Å²) in [5.41, 5.74) is 0.693. The summed E-state index contributed by atoms with van der Waals surface area (Å²) in [7, 11) is 6.33. The number of hydrogen-bond acceptors (Lipinski definition) is 6. The second-order valence-corrected chi connectivity index (χ2v) is 6.82. The molecule has 3 rings (SSSR count). The molecule has 0 aromatic heterocycles. The van der Waals surface area contributed by atoms with Gasteiger partial charge in [0.25, 0.3) is 0 Å². The molecule has 1 heterocycles. The fraction of sp³-hybridized carbons (Fsp3) is 0.409. The molecule has 0 amide bonds.